The number of nitrogens with zero attached hydrogens (tertiary/aromatic N) is 3. The van der Waals surface area contributed by atoms with Crippen molar-refractivity contribution in [2.24, 2.45) is 5.41 Å². The van der Waals surface area contributed by atoms with Crippen molar-refractivity contribution >= 4 is 5.91 Å². The maximum atomic E-state index is 13.5. The Morgan fingerprint density at radius 3 is 2.70 bits per heavy atom. The summed E-state index contributed by atoms with van der Waals surface area (Å²) in [5.74, 6) is 0.864. The lowest BCUT2D eigenvalue weighted by atomic mass is 9.76. The van der Waals surface area contributed by atoms with E-state index in [-0.39, 0.29) is 23.2 Å². The van der Waals surface area contributed by atoms with Crippen molar-refractivity contribution in [2.45, 2.75) is 45.3 Å². The van der Waals surface area contributed by atoms with E-state index in [1.807, 2.05) is 42.3 Å². The van der Waals surface area contributed by atoms with Crippen molar-refractivity contribution in [3.05, 3.63) is 89.3 Å². The maximum absolute atomic E-state index is 13.5. The zero-order chi connectivity index (χ0) is 22.8. The van der Waals surface area contributed by atoms with Gasteiger partial charge in [0.15, 0.2) is 0 Å². The molecule has 0 saturated carbocycles. The summed E-state index contributed by atoms with van der Waals surface area (Å²) in [4.78, 5) is 19.5. The molecule has 1 aromatic heterocycles. The first kappa shape index (κ1) is 21.8. The fourth-order valence-electron chi connectivity index (χ4n) is 5.24. The summed E-state index contributed by atoms with van der Waals surface area (Å²) in [6, 6.07) is 14.7. The van der Waals surface area contributed by atoms with Gasteiger partial charge >= 0.3 is 0 Å². The Morgan fingerprint density at radius 1 is 1.15 bits per heavy atom. The molecule has 0 aliphatic carbocycles. The summed E-state index contributed by atoms with van der Waals surface area (Å²) >= 11 is 0. The third-order valence-electron chi connectivity index (χ3n) is 7.20. The average Bonchev–Trinajstić information content (AvgIpc) is 3.40. The molecule has 5 nitrogen and oxygen atoms in total. The number of benzene rings is 2. The van der Waals surface area contributed by atoms with E-state index in [1.165, 1.54) is 6.07 Å². The lowest BCUT2D eigenvalue weighted by Crippen LogP contribution is -2.43. The van der Waals surface area contributed by atoms with E-state index in [0.29, 0.717) is 6.54 Å². The van der Waals surface area contributed by atoms with Crippen LogP contribution in [0.15, 0.2) is 60.9 Å². The van der Waals surface area contributed by atoms with E-state index in [2.05, 4.69) is 15.6 Å². The molecule has 1 spiro atoms. The van der Waals surface area contributed by atoms with Gasteiger partial charge in [0.2, 0.25) is 0 Å². The van der Waals surface area contributed by atoms with Crippen molar-refractivity contribution in [3.63, 3.8) is 0 Å². The maximum Gasteiger partial charge on any atom is 0.253 e. The first-order chi connectivity index (χ1) is 16.0. The number of hydrogen-bond acceptors (Lipinski definition) is 3. The number of imidazole rings is 1. The predicted molar refractivity (Wildman–Crippen MR) is 125 cm³/mol. The van der Waals surface area contributed by atoms with Gasteiger partial charge in [-0.05, 0) is 73.4 Å². The summed E-state index contributed by atoms with van der Waals surface area (Å²) in [5.41, 5.74) is 2.96. The van der Waals surface area contributed by atoms with Crippen molar-refractivity contribution in [2.75, 3.05) is 19.7 Å². The van der Waals surface area contributed by atoms with Gasteiger partial charge in [-0.25, -0.2) is 9.37 Å². The Balaban J connectivity index is 1.18. The topological polar surface area (TPSA) is 47.4 Å². The van der Waals surface area contributed by atoms with Crippen molar-refractivity contribution < 1.29 is 13.9 Å². The lowest BCUT2D eigenvalue weighted by molar-refractivity contribution is 0.0496. The molecule has 1 atom stereocenters. The van der Waals surface area contributed by atoms with Gasteiger partial charge in [0.1, 0.15) is 11.6 Å². The van der Waals surface area contributed by atoms with Crippen molar-refractivity contribution in [1.29, 1.82) is 0 Å². The highest BCUT2D eigenvalue weighted by Crippen LogP contribution is 2.43. The molecule has 0 bridgehead atoms. The normalized spacial score (nSPS) is 19.8. The van der Waals surface area contributed by atoms with Crippen LogP contribution in [0.5, 0.6) is 0 Å². The van der Waals surface area contributed by atoms with Crippen molar-refractivity contribution in [1.82, 2.24) is 14.5 Å². The smallest absolute Gasteiger partial charge is 0.253 e. The molecular weight excluding hydrogens is 417 g/mol. The third-order valence-corrected chi connectivity index (χ3v) is 7.20. The largest absolute Gasteiger partial charge is 0.377 e. The molecule has 3 aromatic rings. The number of amides is 1. The minimum atomic E-state index is -0.198. The molecule has 2 aliphatic rings. The van der Waals surface area contributed by atoms with Crippen LogP contribution in [0.3, 0.4) is 0 Å². The Labute approximate surface area is 194 Å². The first-order valence-electron chi connectivity index (χ1n) is 11.7. The molecule has 2 saturated heterocycles. The summed E-state index contributed by atoms with van der Waals surface area (Å²) < 4.78 is 21.7. The van der Waals surface area contributed by atoms with E-state index >= 15 is 0 Å². The van der Waals surface area contributed by atoms with Gasteiger partial charge in [0, 0.05) is 37.6 Å². The predicted octanol–water partition coefficient (Wildman–Crippen LogP) is 4.63. The fraction of sp³-hybridized carbons (Fsp3) is 0.407. The zero-order valence-corrected chi connectivity index (χ0v) is 19.0. The number of piperidine rings is 1. The number of carbonyl (C=O) groups excluding carboxylic acids is 1. The second-order valence-electron chi connectivity index (χ2n) is 9.57. The summed E-state index contributed by atoms with van der Waals surface area (Å²) in [6.45, 7) is 4.92. The standard InChI is InChI=1S/C27H30FN3O2/c1-20-29-10-13-31(20)18-22-5-2-6-23(14-22)26(32)30-11-8-27(9-12-30)17-25(33-19-27)16-21-4-3-7-24(28)15-21/h2-7,10,13-15,25H,8-9,11-12,16-19H2,1H3/t25-/m1/s1. The van der Waals surface area contributed by atoms with Crippen LogP contribution >= 0.6 is 0 Å². The highest BCUT2D eigenvalue weighted by atomic mass is 19.1. The number of hydrogen-bond donors (Lipinski definition) is 0. The Morgan fingerprint density at radius 2 is 1.94 bits per heavy atom. The third kappa shape index (κ3) is 4.86. The molecule has 3 heterocycles. The number of aromatic nitrogens is 2. The van der Waals surface area contributed by atoms with Crippen LogP contribution in [-0.4, -0.2) is 46.2 Å². The van der Waals surface area contributed by atoms with E-state index in [9.17, 15) is 9.18 Å². The molecule has 0 N–H and O–H groups in total. The van der Waals surface area contributed by atoms with Crippen LogP contribution < -0.4 is 0 Å². The molecule has 1 amide bonds. The van der Waals surface area contributed by atoms with Crippen LogP contribution in [0.2, 0.25) is 0 Å². The Bertz CT molecular complexity index is 1130. The zero-order valence-electron chi connectivity index (χ0n) is 19.0. The second-order valence-corrected chi connectivity index (χ2v) is 9.57. The van der Waals surface area contributed by atoms with Gasteiger partial charge in [0.05, 0.1) is 12.7 Å². The van der Waals surface area contributed by atoms with Crippen LogP contribution in [0, 0.1) is 18.2 Å². The summed E-state index contributed by atoms with van der Waals surface area (Å²) in [5, 5.41) is 0. The molecule has 172 valence electrons. The van der Waals surface area contributed by atoms with E-state index in [1.54, 1.807) is 18.3 Å². The quantitative estimate of drug-likeness (QED) is 0.573. The van der Waals surface area contributed by atoms with Gasteiger partial charge in [-0.2, -0.15) is 0 Å². The van der Waals surface area contributed by atoms with E-state index in [4.69, 9.17) is 4.74 Å². The molecule has 0 radical (unpaired) electrons. The van der Waals surface area contributed by atoms with Gasteiger partial charge < -0.3 is 14.2 Å². The molecule has 0 unspecified atom stereocenters. The molecule has 2 aromatic carbocycles. The van der Waals surface area contributed by atoms with E-state index in [0.717, 1.165) is 67.9 Å². The van der Waals surface area contributed by atoms with Crippen LogP contribution in [-0.2, 0) is 17.7 Å². The number of ether oxygens (including phenoxy) is 1. The van der Waals surface area contributed by atoms with Crippen LogP contribution in [0.25, 0.3) is 0 Å². The number of aryl methyl sites for hydroxylation is 1. The minimum absolute atomic E-state index is 0.101. The SMILES string of the molecule is Cc1nccn1Cc1cccc(C(=O)N2CCC3(CC2)CO[C@H](Cc2cccc(F)c2)C3)c1. The monoisotopic (exact) mass is 447 g/mol. The minimum Gasteiger partial charge on any atom is -0.377 e. The van der Waals surface area contributed by atoms with Crippen LogP contribution in [0.4, 0.5) is 4.39 Å². The number of rotatable bonds is 5. The molecule has 2 aliphatic heterocycles. The molecule has 33 heavy (non-hydrogen) atoms. The number of halogens is 1. The van der Waals surface area contributed by atoms with Crippen LogP contribution in [0.1, 0.15) is 46.6 Å². The molecule has 5 rings (SSSR count). The average molecular weight is 448 g/mol. The van der Waals surface area contributed by atoms with Crippen molar-refractivity contribution in [3.8, 4) is 0 Å². The molecule has 2 fully saturated rings. The summed E-state index contributed by atoms with van der Waals surface area (Å²) in [6.07, 6.45) is 7.50. The van der Waals surface area contributed by atoms with Gasteiger partial charge in [-0.3, -0.25) is 4.79 Å². The second kappa shape index (κ2) is 9.10. The highest BCUT2D eigenvalue weighted by Gasteiger charge is 2.43. The Hall–Kier alpha value is -2.99. The lowest BCUT2D eigenvalue weighted by Gasteiger charge is -2.38. The fourth-order valence-corrected chi connectivity index (χ4v) is 5.24. The number of carbonyl (C=O) groups is 1. The Kier molecular flexibility index (Phi) is 6.02. The van der Waals surface area contributed by atoms with E-state index < -0.39 is 0 Å². The number of likely N-dealkylation sites (tertiary alicyclic amines) is 1. The van der Waals surface area contributed by atoms with Gasteiger partial charge in [-0.1, -0.05) is 24.3 Å². The summed E-state index contributed by atoms with van der Waals surface area (Å²) in [7, 11) is 0. The molecule has 6 heteroatoms. The first-order valence-corrected chi connectivity index (χ1v) is 11.7. The van der Waals surface area contributed by atoms with Gasteiger partial charge in [-0.15, -0.1) is 0 Å². The van der Waals surface area contributed by atoms with Gasteiger partial charge in [0.25, 0.3) is 5.91 Å². The molecular formula is C27H30FN3O2. The highest BCUT2D eigenvalue weighted by molar-refractivity contribution is 5.94.